The molecule has 0 N–H and O–H groups in total. The van der Waals surface area contributed by atoms with Gasteiger partial charge >= 0.3 is 5.97 Å². The van der Waals surface area contributed by atoms with Crippen LogP contribution in [0.5, 0.6) is 11.5 Å². The number of aryl methyl sites for hydroxylation is 1. The van der Waals surface area contributed by atoms with Crippen molar-refractivity contribution in [3.8, 4) is 11.5 Å². The smallest absolute Gasteiger partial charge is 0.343 e. The molecule has 24 heavy (non-hydrogen) atoms. The fraction of sp³-hybridized carbons (Fsp3) is 0.381. The first-order valence-electron chi connectivity index (χ1n) is 8.57. The van der Waals surface area contributed by atoms with E-state index in [2.05, 4.69) is 20.8 Å². The van der Waals surface area contributed by atoms with Crippen molar-refractivity contribution < 1.29 is 14.3 Å². The van der Waals surface area contributed by atoms with Crippen LogP contribution in [-0.2, 0) is 0 Å². The molecule has 0 aliphatic rings. The summed E-state index contributed by atoms with van der Waals surface area (Å²) in [6, 6.07) is 13.1. The molecule has 128 valence electrons. The molecule has 2 aromatic carbocycles. The Balaban J connectivity index is 2.08. The largest absolute Gasteiger partial charge is 0.494 e. The van der Waals surface area contributed by atoms with E-state index >= 15 is 0 Å². The molecule has 2 aromatic rings. The quantitative estimate of drug-likeness (QED) is 0.382. The average molecular weight is 326 g/mol. The van der Waals surface area contributed by atoms with Crippen molar-refractivity contribution in [2.24, 2.45) is 0 Å². The van der Waals surface area contributed by atoms with Gasteiger partial charge in [-0.3, -0.25) is 0 Å². The average Bonchev–Trinajstić information content (AvgIpc) is 2.55. The highest BCUT2D eigenvalue weighted by atomic mass is 16.5. The predicted octanol–water partition coefficient (Wildman–Crippen LogP) is 5.52. The number of ether oxygens (including phenoxy) is 2. The first-order chi connectivity index (χ1) is 11.5. The van der Waals surface area contributed by atoms with Gasteiger partial charge in [0.1, 0.15) is 11.5 Å². The van der Waals surface area contributed by atoms with E-state index in [-0.39, 0.29) is 5.97 Å². The summed E-state index contributed by atoms with van der Waals surface area (Å²) in [4.78, 5) is 12.4. The number of rotatable bonds is 7. The number of carbonyl (C=O) groups is 1. The third-order valence-corrected chi connectivity index (χ3v) is 3.85. The Morgan fingerprint density at radius 2 is 1.79 bits per heavy atom. The Kier molecular flexibility index (Phi) is 6.42. The number of carbonyl (C=O) groups excluding carboxylic acids is 1. The molecule has 0 amide bonds. The van der Waals surface area contributed by atoms with Crippen LogP contribution in [-0.4, -0.2) is 12.6 Å². The van der Waals surface area contributed by atoms with Crippen LogP contribution >= 0.6 is 0 Å². The Morgan fingerprint density at radius 3 is 2.42 bits per heavy atom. The Morgan fingerprint density at radius 1 is 1.08 bits per heavy atom. The second kappa shape index (κ2) is 8.53. The van der Waals surface area contributed by atoms with Gasteiger partial charge in [0.05, 0.1) is 12.2 Å². The molecule has 0 fully saturated rings. The molecule has 0 unspecified atom stereocenters. The second-order valence-electron chi connectivity index (χ2n) is 6.31. The molecule has 3 heteroatoms. The van der Waals surface area contributed by atoms with Gasteiger partial charge < -0.3 is 9.47 Å². The number of benzene rings is 2. The van der Waals surface area contributed by atoms with Crippen LogP contribution in [0.2, 0.25) is 0 Å². The Labute approximate surface area is 144 Å². The highest BCUT2D eigenvalue weighted by Gasteiger charge is 2.14. The van der Waals surface area contributed by atoms with Gasteiger partial charge in [-0.15, -0.1) is 0 Å². The molecule has 3 nitrogen and oxygen atoms in total. The molecule has 0 heterocycles. The number of hydrogen-bond donors (Lipinski definition) is 0. The molecule has 0 aromatic heterocycles. The molecule has 0 saturated carbocycles. The summed E-state index contributed by atoms with van der Waals surface area (Å²) < 4.78 is 11.2. The maximum Gasteiger partial charge on any atom is 0.343 e. The lowest BCUT2D eigenvalue weighted by Gasteiger charge is -2.14. The van der Waals surface area contributed by atoms with Crippen LogP contribution in [0.1, 0.15) is 61.0 Å². The van der Waals surface area contributed by atoms with Gasteiger partial charge in [-0.1, -0.05) is 39.3 Å². The molecule has 0 spiro atoms. The van der Waals surface area contributed by atoms with Gasteiger partial charge in [-0.05, 0) is 60.7 Å². The summed E-state index contributed by atoms with van der Waals surface area (Å²) in [6.07, 6.45) is 2.12. The third-order valence-electron chi connectivity index (χ3n) is 3.85. The minimum absolute atomic E-state index is 0.294. The maximum absolute atomic E-state index is 12.4. The number of esters is 1. The molecular formula is C21H26O3. The van der Waals surface area contributed by atoms with E-state index in [4.69, 9.17) is 9.47 Å². The van der Waals surface area contributed by atoms with Crippen LogP contribution < -0.4 is 9.47 Å². The van der Waals surface area contributed by atoms with Crippen molar-refractivity contribution in [3.63, 3.8) is 0 Å². The molecule has 2 rings (SSSR count). The zero-order valence-electron chi connectivity index (χ0n) is 15.0. The monoisotopic (exact) mass is 326 g/mol. The molecule has 0 aliphatic carbocycles. The number of unbranched alkanes of at least 4 members (excludes halogenated alkanes) is 1. The predicted molar refractivity (Wildman–Crippen MR) is 97.1 cm³/mol. The third kappa shape index (κ3) is 4.85. The van der Waals surface area contributed by atoms with Crippen molar-refractivity contribution in [2.75, 3.05) is 6.61 Å². The lowest BCUT2D eigenvalue weighted by Crippen LogP contribution is -2.10. The molecular weight excluding hydrogens is 300 g/mol. The first-order valence-corrected chi connectivity index (χ1v) is 8.57. The summed E-state index contributed by atoms with van der Waals surface area (Å²) >= 11 is 0. The van der Waals surface area contributed by atoms with E-state index < -0.39 is 0 Å². The zero-order valence-corrected chi connectivity index (χ0v) is 15.0. The summed E-state index contributed by atoms with van der Waals surface area (Å²) in [5.41, 5.74) is 2.63. The van der Waals surface area contributed by atoms with Crippen molar-refractivity contribution in [1.29, 1.82) is 0 Å². The van der Waals surface area contributed by atoms with Crippen molar-refractivity contribution >= 4 is 5.97 Å². The van der Waals surface area contributed by atoms with Crippen LogP contribution in [0, 0.1) is 6.92 Å². The minimum Gasteiger partial charge on any atom is -0.494 e. The maximum atomic E-state index is 12.4. The van der Waals surface area contributed by atoms with Gasteiger partial charge in [0.25, 0.3) is 0 Å². The van der Waals surface area contributed by atoms with E-state index in [1.54, 1.807) is 12.1 Å². The summed E-state index contributed by atoms with van der Waals surface area (Å²) in [5, 5.41) is 0. The van der Waals surface area contributed by atoms with Gasteiger partial charge in [-0.2, -0.15) is 0 Å². The van der Waals surface area contributed by atoms with E-state index in [1.807, 2.05) is 37.3 Å². The molecule has 0 aliphatic heterocycles. The van der Waals surface area contributed by atoms with Crippen molar-refractivity contribution in [1.82, 2.24) is 0 Å². The normalized spacial score (nSPS) is 10.7. The lowest BCUT2D eigenvalue weighted by molar-refractivity contribution is 0.0732. The van der Waals surface area contributed by atoms with Crippen LogP contribution in [0.4, 0.5) is 0 Å². The summed E-state index contributed by atoms with van der Waals surface area (Å²) in [7, 11) is 0. The highest BCUT2D eigenvalue weighted by Crippen LogP contribution is 2.28. The van der Waals surface area contributed by atoms with Crippen LogP contribution in [0.3, 0.4) is 0 Å². The van der Waals surface area contributed by atoms with Gasteiger partial charge in [-0.25, -0.2) is 4.79 Å². The number of hydrogen-bond acceptors (Lipinski definition) is 3. The Bertz CT molecular complexity index is 672. The van der Waals surface area contributed by atoms with E-state index in [9.17, 15) is 4.79 Å². The van der Waals surface area contributed by atoms with E-state index in [0.29, 0.717) is 23.8 Å². The van der Waals surface area contributed by atoms with Gasteiger partial charge in [0, 0.05) is 0 Å². The van der Waals surface area contributed by atoms with Crippen LogP contribution in [0.15, 0.2) is 42.5 Å². The summed E-state index contributed by atoms with van der Waals surface area (Å²) in [5.74, 6) is 1.36. The Hall–Kier alpha value is -2.29. The molecule has 0 saturated heterocycles. The second-order valence-corrected chi connectivity index (χ2v) is 6.31. The van der Waals surface area contributed by atoms with Crippen molar-refractivity contribution in [3.05, 3.63) is 59.2 Å². The molecule has 0 bridgehead atoms. The fourth-order valence-electron chi connectivity index (χ4n) is 2.39. The highest BCUT2D eigenvalue weighted by molar-refractivity contribution is 5.91. The standard InChI is InChI=1S/C21H26O3/c1-5-6-13-23-18-10-8-17(9-11-18)21(22)24-20-14-16(4)7-12-19(20)15(2)3/h7-12,14-15H,5-6,13H2,1-4H3. The van der Waals surface area contributed by atoms with E-state index in [1.165, 1.54) is 0 Å². The van der Waals surface area contributed by atoms with E-state index in [0.717, 1.165) is 29.7 Å². The minimum atomic E-state index is -0.345. The first kappa shape index (κ1) is 18.1. The van der Waals surface area contributed by atoms with Crippen LogP contribution in [0.25, 0.3) is 0 Å². The molecule has 0 radical (unpaired) electrons. The SMILES string of the molecule is CCCCOc1ccc(C(=O)Oc2cc(C)ccc2C(C)C)cc1. The topological polar surface area (TPSA) is 35.5 Å². The van der Waals surface area contributed by atoms with Crippen molar-refractivity contribution in [2.45, 2.75) is 46.5 Å². The van der Waals surface area contributed by atoms with Gasteiger partial charge in [0.2, 0.25) is 0 Å². The molecule has 0 atom stereocenters. The summed E-state index contributed by atoms with van der Waals surface area (Å²) in [6.45, 7) is 8.99. The fourth-order valence-corrected chi connectivity index (χ4v) is 2.39. The van der Waals surface area contributed by atoms with Gasteiger partial charge in [0.15, 0.2) is 0 Å². The lowest BCUT2D eigenvalue weighted by atomic mass is 10.0. The zero-order chi connectivity index (χ0) is 17.5.